The Hall–Kier alpha value is -2.66. The Balaban J connectivity index is 1.46. The van der Waals surface area contributed by atoms with Crippen LogP contribution in [0.1, 0.15) is 49.0 Å². The number of nitrogens with one attached hydrogen (secondary N) is 2. The third-order valence-electron chi connectivity index (χ3n) is 4.65. The smallest absolute Gasteiger partial charge is 0.265 e. The lowest BCUT2D eigenvalue weighted by molar-refractivity contribution is -0.136. The van der Waals surface area contributed by atoms with E-state index in [1.54, 1.807) is 12.3 Å². The number of aromatic nitrogens is 2. The van der Waals surface area contributed by atoms with Crippen molar-refractivity contribution in [2.75, 3.05) is 0 Å². The van der Waals surface area contributed by atoms with Gasteiger partial charge < -0.3 is 10.2 Å². The second-order valence-electron chi connectivity index (χ2n) is 6.32. The lowest BCUT2D eigenvalue weighted by Gasteiger charge is -2.29. The maximum absolute atomic E-state index is 12.7. The zero-order valence-corrected chi connectivity index (χ0v) is 15.9. The molecule has 1 unspecified atom stereocenters. The second-order valence-corrected chi connectivity index (χ2v) is 8.04. The maximum Gasteiger partial charge on any atom is 0.265 e. The molecule has 2 aliphatic heterocycles. The molecule has 0 spiro atoms. The Labute approximate surface area is 161 Å². The van der Waals surface area contributed by atoms with Gasteiger partial charge in [-0.05, 0) is 30.4 Å². The van der Waals surface area contributed by atoms with E-state index in [0.717, 1.165) is 22.0 Å². The topological polar surface area (TPSA) is 121 Å². The predicted octanol–water partition coefficient (Wildman–Crippen LogP) is 0.599. The van der Waals surface area contributed by atoms with E-state index >= 15 is 0 Å². The first-order chi connectivity index (χ1) is 13.0. The Bertz CT molecular complexity index is 966. The fraction of sp³-hybridized carbons (Fsp3) is 0.375. The van der Waals surface area contributed by atoms with Crippen LogP contribution >= 0.6 is 22.9 Å². The number of carbonyl (C=O) groups excluding carboxylic acids is 4. The number of hydrogen-bond acceptors (Lipinski definition) is 8. The molecular formula is C16H15N5O4S2. The molecule has 4 amide bonds. The van der Waals surface area contributed by atoms with Crippen molar-refractivity contribution in [3.05, 3.63) is 32.0 Å². The van der Waals surface area contributed by atoms with Gasteiger partial charge in [0, 0.05) is 23.2 Å². The number of fused-ring (bicyclic) bond motifs is 1. The minimum atomic E-state index is -0.638. The van der Waals surface area contributed by atoms with Crippen molar-refractivity contribution in [3.63, 3.8) is 0 Å². The molecule has 2 aromatic heterocycles. The van der Waals surface area contributed by atoms with E-state index < -0.39 is 11.9 Å². The van der Waals surface area contributed by atoms with Gasteiger partial charge in [0.1, 0.15) is 10.9 Å². The summed E-state index contributed by atoms with van der Waals surface area (Å²) in [4.78, 5) is 51.1. The number of thiophene rings is 1. The fourth-order valence-corrected chi connectivity index (χ4v) is 4.78. The number of carbonyl (C=O) groups is 4. The molecule has 4 heterocycles. The highest BCUT2D eigenvalue weighted by Crippen LogP contribution is 2.33. The van der Waals surface area contributed by atoms with Crippen LogP contribution in [0.3, 0.4) is 0 Å². The molecule has 140 valence electrons. The van der Waals surface area contributed by atoms with Crippen LogP contribution in [0.25, 0.3) is 0 Å². The van der Waals surface area contributed by atoms with E-state index in [9.17, 15) is 19.2 Å². The molecule has 0 bridgehead atoms. The summed E-state index contributed by atoms with van der Waals surface area (Å²) in [5.74, 6) is -1.21. The molecule has 2 N–H and O–H groups in total. The normalized spacial score (nSPS) is 19.2. The van der Waals surface area contributed by atoms with Gasteiger partial charge in [-0.25, -0.2) is 0 Å². The molecule has 1 atom stereocenters. The van der Waals surface area contributed by atoms with E-state index in [-0.39, 0.29) is 30.7 Å². The first kappa shape index (κ1) is 17.7. The Morgan fingerprint density at radius 3 is 2.93 bits per heavy atom. The zero-order valence-electron chi connectivity index (χ0n) is 14.3. The van der Waals surface area contributed by atoms with E-state index in [0.29, 0.717) is 29.1 Å². The molecule has 2 aromatic rings. The average molecular weight is 405 g/mol. The highest BCUT2D eigenvalue weighted by molar-refractivity contribution is 7.10. The molecule has 0 aromatic carbocycles. The van der Waals surface area contributed by atoms with E-state index in [1.807, 2.05) is 0 Å². The van der Waals surface area contributed by atoms with Crippen LogP contribution in [-0.2, 0) is 22.7 Å². The van der Waals surface area contributed by atoms with Gasteiger partial charge in [-0.15, -0.1) is 16.4 Å². The second kappa shape index (κ2) is 6.82. The third kappa shape index (κ3) is 3.12. The third-order valence-corrected chi connectivity index (χ3v) is 6.51. The molecule has 1 saturated heterocycles. The number of rotatable bonds is 4. The molecule has 11 heteroatoms. The Morgan fingerprint density at radius 2 is 2.22 bits per heavy atom. The lowest BCUT2D eigenvalue weighted by Crippen LogP contribution is -2.52. The summed E-state index contributed by atoms with van der Waals surface area (Å²) < 4.78 is 3.75. The van der Waals surface area contributed by atoms with Gasteiger partial charge in [0.15, 0.2) is 0 Å². The van der Waals surface area contributed by atoms with Gasteiger partial charge >= 0.3 is 0 Å². The van der Waals surface area contributed by atoms with Crippen molar-refractivity contribution >= 4 is 46.5 Å². The van der Waals surface area contributed by atoms with Crippen molar-refractivity contribution in [1.29, 1.82) is 0 Å². The van der Waals surface area contributed by atoms with Crippen LogP contribution in [0.15, 0.2) is 5.38 Å². The summed E-state index contributed by atoms with van der Waals surface area (Å²) >= 11 is 2.44. The summed E-state index contributed by atoms with van der Waals surface area (Å²) in [6, 6.07) is -0.638. The van der Waals surface area contributed by atoms with E-state index in [2.05, 4.69) is 20.2 Å². The van der Waals surface area contributed by atoms with Crippen molar-refractivity contribution in [1.82, 2.24) is 25.1 Å². The quantitative estimate of drug-likeness (QED) is 0.719. The minimum Gasteiger partial charge on any atom is -0.346 e. The highest BCUT2D eigenvalue weighted by atomic mass is 32.1. The van der Waals surface area contributed by atoms with Crippen LogP contribution in [0.2, 0.25) is 0 Å². The van der Waals surface area contributed by atoms with Crippen LogP contribution < -0.4 is 10.6 Å². The van der Waals surface area contributed by atoms with Crippen LogP contribution in [-0.4, -0.2) is 44.2 Å². The number of aryl methyl sites for hydroxylation is 1. The molecule has 27 heavy (non-hydrogen) atoms. The van der Waals surface area contributed by atoms with Crippen LogP contribution in [0, 0.1) is 6.92 Å². The number of amides is 4. The highest BCUT2D eigenvalue weighted by Gasteiger charge is 2.40. The van der Waals surface area contributed by atoms with Gasteiger partial charge in [0.2, 0.25) is 11.8 Å². The van der Waals surface area contributed by atoms with Crippen LogP contribution in [0.4, 0.5) is 0 Å². The molecule has 4 rings (SSSR count). The van der Waals surface area contributed by atoms with E-state index in [1.165, 1.54) is 16.2 Å². The summed E-state index contributed by atoms with van der Waals surface area (Å²) in [7, 11) is 0. The minimum absolute atomic E-state index is 0.212. The zero-order chi connectivity index (χ0) is 19.1. The van der Waals surface area contributed by atoms with Gasteiger partial charge in [0.25, 0.3) is 11.8 Å². The van der Waals surface area contributed by atoms with Gasteiger partial charge in [-0.1, -0.05) is 4.49 Å². The van der Waals surface area contributed by atoms with Gasteiger partial charge in [0.05, 0.1) is 17.8 Å². The molecule has 2 aliphatic rings. The molecule has 0 aliphatic carbocycles. The number of piperidine rings is 1. The fourth-order valence-electron chi connectivity index (χ4n) is 3.23. The Kier molecular flexibility index (Phi) is 4.48. The lowest BCUT2D eigenvalue weighted by atomic mass is 10.0. The van der Waals surface area contributed by atoms with Gasteiger partial charge in [-0.2, -0.15) is 0 Å². The summed E-state index contributed by atoms with van der Waals surface area (Å²) in [6.07, 6.45) is 0.548. The predicted molar refractivity (Wildman–Crippen MR) is 96.2 cm³/mol. The Morgan fingerprint density at radius 1 is 1.41 bits per heavy atom. The van der Waals surface area contributed by atoms with Crippen molar-refractivity contribution in [2.24, 2.45) is 0 Å². The first-order valence-electron chi connectivity index (χ1n) is 8.26. The molecule has 9 nitrogen and oxygen atoms in total. The summed E-state index contributed by atoms with van der Waals surface area (Å²) in [5.41, 5.74) is 1.96. The summed E-state index contributed by atoms with van der Waals surface area (Å²) in [5, 5.41) is 10.7. The standard InChI is InChI=1S/C16H15N5O4S2/c1-7-13(27-20-19-7)15(24)17-4-11-8-5-21(16(25)9(8)6-26-11)10-2-3-12(22)18-14(10)23/h6,10H,2-5H2,1H3,(H,17,24)(H,18,22,23). The number of nitrogens with zero attached hydrogens (tertiary/aromatic N) is 3. The molecule has 1 fully saturated rings. The van der Waals surface area contributed by atoms with Crippen molar-refractivity contribution in [2.45, 2.75) is 38.9 Å². The molecule has 0 saturated carbocycles. The number of imide groups is 1. The van der Waals surface area contributed by atoms with Crippen molar-refractivity contribution < 1.29 is 19.2 Å². The largest absolute Gasteiger partial charge is 0.346 e. The summed E-state index contributed by atoms with van der Waals surface area (Å²) in [6.45, 7) is 2.31. The number of hydrogen-bond donors (Lipinski definition) is 2. The average Bonchev–Trinajstić information content (AvgIpc) is 3.31. The van der Waals surface area contributed by atoms with Crippen molar-refractivity contribution in [3.8, 4) is 0 Å². The maximum atomic E-state index is 12.7. The SMILES string of the molecule is Cc1nnsc1C(=O)NCc1scc2c1CN(C1CCC(=O)NC1=O)C2=O. The van der Waals surface area contributed by atoms with Crippen LogP contribution in [0.5, 0.6) is 0 Å². The molecular weight excluding hydrogens is 390 g/mol. The van der Waals surface area contributed by atoms with E-state index in [4.69, 9.17) is 0 Å². The van der Waals surface area contributed by atoms with Gasteiger partial charge in [-0.3, -0.25) is 24.5 Å². The first-order valence-corrected chi connectivity index (χ1v) is 9.92. The monoisotopic (exact) mass is 405 g/mol. The molecule has 0 radical (unpaired) electrons.